The Morgan fingerprint density at radius 2 is 1.97 bits per heavy atom. The number of aliphatic hydroxyl groups is 1. The largest absolute Gasteiger partial charge is 0.440 e. The van der Waals surface area contributed by atoms with Gasteiger partial charge in [0.1, 0.15) is 18.3 Å². The summed E-state index contributed by atoms with van der Waals surface area (Å²) in [6.45, 7) is 5.90. The van der Waals surface area contributed by atoms with Crippen LogP contribution in [0.3, 0.4) is 0 Å². The lowest BCUT2D eigenvalue weighted by Gasteiger charge is -2.27. The molecule has 11 heteroatoms. The summed E-state index contributed by atoms with van der Waals surface area (Å²) in [6.07, 6.45) is -1.66. The summed E-state index contributed by atoms with van der Waals surface area (Å²) < 4.78 is 16.9. The number of carbonyl (C=O) groups excluding carboxylic acids is 3. The summed E-state index contributed by atoms with van der Waals surface area (Å²) >= 11 is 0. The van der Waals surface area contributed by atoms with Gasteiger partial charge in [-0.05, 0) is 12.1 Å². The minimum absolute atomic E-state index is 0.0210. The molecule has 1 saturated heterocycles. The van der Waals surface area contributed by atoms with Crippen LogP contribution in [0.1, 0.15) is 20.8 Å². The van der Waals surface area contributed by atoms with Crippen molar-refractivity contribution in [2.24, 2.45) is 5.92 Å². The second-order valence-electron chi connectivity index (χ2n) is 8.53. The van der Waals surface area contributed by atoms with Crippen molar-refractivity contribution < 1.29 is 33.7 Å². The number of amides is 3. The van der Waals surface area contributed by atoms with E-state index in [1.807, 2.05) is 12.1 Å². The smallest absolute Gasteiger partial charge is 0.412 e. The fourth-order valence-electron chi connectivity index (χ4n) is 3.47. The predicted molar refractivity (Wildman–Crippen MR) is 126 cm³/mol. The molecule has 3 N–H and O–H groups in total. The Hall–Kier alpha value is -2.05. The fraction of sp³-hybridized carbons (Fsp3) is 0.500. The van der Waals surface area contributed by atoms with Gasteiger partial charge in [-0.1, -0.05) is 60.6 Å². The monoisotopic (exact) mass is 496 g/mol. The summed E-state index contributed by atoms with van der Waals surface area (Å²) in [5.41, 5.74) is 0.577. The Morgan fingerprint density at radius 1 is 1.24 bits per heavy atom. The molecule has 9 nitrogen and oxygen atoms in total. The van der Waals surface area contributed by atoms with Gasteiger partial charge in [-0.2, -0.15) is 0 Å². The maximum absolute atomic E-state index is 12.8. The van der Waals surface area contributed by atoms with Gasteiger partial charge in [0.2, 0.25) is 11.8 Å². The second kappa shape index (κ2) is 10.9. The van der Waals surface area contributed by atoms with Crippen molar-refractivity contribution in [1.82, 2.24) is 5.32 Å². The van der Waals surface area contributed by atoms with E-state index in [4.69, 9.17) is 14.2 Å². The van der Waals surface area contributed by atoms with E-state index >= 15 is 0 Å². The number of imide groups is 1. The van der Waals surface area contributed by atoms with Crippen LogP contribution in [0, 0.1) is 5.92 Å². The first-order valence-electron chi connectivity index (χ1n) is 10.4. The molecule has 1 unspecified atom stereocenters. The molecular formula is C22H28N2O7S2. The Morgan fingerprint density at radius 3 is 2.61 bits per heavy atom. The Kier molecular flexibility index (Phi) is 8.46. The molecule has 0 spiro atoms. The SMILES string of the molecule is CO[C@H]1[C@@H](OC(=O)Nc2ccccc2SSC(C)(C)C)[C@H](C2C=CC(=O)NC2=O)O[C@@H]1CO. The number of para-hydroxylation sites is 1. The standard InChI is InChI=1S/C22H28N2O7S2/c1-22(2,3)33-32-15-8-6-5-7-13(15)23-21(28)31-19-17(30-14(11-25)18(19)29-4)12-9-10-16(26)24-20(12)27/h5-10,12,14,17-19,25H,11H2,1-4H3,(H,23,28)(H,24,26,27)/t12?,14-,17+,18-,19+/m1/s1. The molecule has 0 radical (unpaired) electrons. The molecule has 5 atom stereocenters. The molecule has 0 bridgehead atoms. The third-order valence-electron chi connectivity index (χ3n) is 4.90. The predicted octanol–water partition coefficient (Wildman–Crippen LogP) is 2.75. The van der Waals surface area contributed by atoms with Crippen LogP contribution in [-0.4, -0.2) is 65.9 Å². The number of aliphatic hydroxyl groups excluding tert-OH is 1. The van der Waals surface area contributed by atoms with Gasteiger partial charge in [0.05, 0.1) is 18.2 Å². The maximum atomic E-state index is 12.8. The number of benzene rings is 1. The zero-order chi connectivity index (χ0) is 24.2. The van der Waals surface area contributed by atoms with Gasteiger partial charge in [-0.25, -0.2) is 4.79 Å². The summed E-state index contributed by atoms with van der Waals surface area (Å²) in [7, 11) is 4.61. The lowest BCUT2D eigenvalue weighted by atomic mass is 9.93. The summed E-state index contributed by atoms with van der Waals surface area (Å²) in [4.78, 5) is 37.5. The molecular weight excluding hydrogens is 468 g/mol. The molecule has 0 aromatic heterocycles. The number of methoxy groups -OCH3 is 1. The third kappa shape index (κ3) is 6.51. The van der Waals surface area contributed by atoms with E-state index in [0.29, 0.717) is 5.69 Å². The van der Waals surface area contributed by atoms with E-state index in [1.165, 1.54) is 19.3 Å². The van der Waals surface area contributed by atoms with Gasteiger partial charge >= 0.3 is 6.09 Å². The molecule has 2 aliphatic heterocycles. The van der Waals surface area contributed by atoms with Crippen LogP contribution in [-0.2, 0) is 23.8 Å². The van der Waals surface area contributed by atoms with Crippen molar-refractivity contribution in [2.45, 2.75) is 54.8 Å². The lowest BCUT2D eigenvalue weighted by molar-refractivity contribution is -0.135. The van der Waals surface area contributed by atoms with E-state index in [9.17, 15) is 19.5 Å². The van der Waals surface area contributed by atoms with Crippen LogP contribution < -0.4 is 10.6 Å². The second-order valence-corrected chi connectivity index (χ2v) is 11.5. The average Bonchev–Trinajstić information content (AvgIpc) is 3.09. The van der Waals surface area contributed by atoms with E-state index in [2.05, 4.69) is 31.4 Å². The van der Waals surface area contributed by atoms with E-state index in [-0.39, 0.29) is 4.75 Å². The van der Waals surface area contributed by atoms with E-state index in [0.717, 1.165) is 4.90 Å². The van der Waals surface area contributed by atoms with Gasteiger partial charge < -0.3 is 19.3 Å². The molecule has 1 fully saturated rings. The zero-order valence-electron chi connectivity index (χ0n) is 18.8. The minimum atomic E-state index is -0.996. The van der Waals surface area contributed by atoms with Gasteiger partial charge in [0.25, 0.3) is 0 Å². The molecule has 33 heavy (non-hydrogen) atoms. The molecule has 3 amide bonds. The quantitative estimate of drug-likeness (QED) is 0.386. The number of hydrogen-bond acceptors (Lipinski definition) is 9. The van der Waals surface area contributed by atoms with Crippen molar-refractivity contribution in [3.63, 3.8) is 0 Å². The van der Waals surface area contributed by atoms with Crippen molar-refractivity contribution in [1.29, 1.82) is 0 Å². The Labute approximate surface area is 200 Å². The van der Waals surface area contributed by atoms with Crippen molar-refractivity contribution >= 4 is 45.2 Å². The van der Waals surface area contributed by atoms with Gasteiger partial charge in [0.15, 0.2) is 6.10 Å². The number of ether oxygens (including phenoxy) is 3. The third-order valence-corrected chi connectivity index (χ3v) is 8.31. The average molecular weight is 497 g/mol. The lowest BCUT2D eigenvalue weighted by Crippen LogP contribution is -2.48. The molecule has 2 aliphatic rings. The molecule has 3 rings (SSSR count). The van der Waals surface area contributed by atoms with E-state index in [1.54, 1.807) is 33.7 Å². The topological polar surface area (TPSA) is 123 Å². The highest BCUT2D eigenvalue weighted by Gasteiger charge is 2.52. The first-order chi connectivity index (χ1) is 15.6. The van der Waals surface area contributed by atoms with Crippen LogP contribution in [0.2, 0.25) is 0 Å². The molecule has 0 aliphatic carbocycles. The first-order valence-corrected chi connectivity index (χ1v) is 12.5. The highest BCUT2D eigenvalue weighted by molar-refractivity contribution is 8.77. The van der Waals surface area contributed by atoms with Crippen molar-refractivity contribution in [3.8, 4) is 0 Å². The first kappa shape index (κ1) is 25.6. The van der Waals surface area contributed by atoms with Crippen molar-refractivity contribution in [3.05, 3.63) is 36.4 Å². The molecule has 0 saturated carbocycles. The van der Waals surface area contributed by atoms with Gasteiger partial charge in [-0.3, -0.25) is 20.2 Å². The van der Waals surface area contributed by atoms with Crippen LogP contribution in [0.5, 0.6) is 0 Å². The summed E-state index contributed by atoms with van der Waals surface area (Å²) in [5.74, 6) is -2.00. The number of anilines is 1. The normalized spacial score (nSPS) is 27.4. The summed E-state index contributed by atoms with van der Waals surface area (Å²) in [6, 6.07) is 7.35. The molecule has 180 valence electrons. The Bertz CT molecular complexity index is 918. The van der Waals surface area contributed by atoms with Gasteiger partial charge in [0, 0.05) is 22.8 Å². The number of carbonyl (C=O) groups is 3. The zero-order valence-corrected chi connectivity index (χ0v) is 20.4. The van der Waals surface area contributed by atoms with Crippen LogP contribution in [0.15, 0.2) is 41.3 Å². The highest BCUT2D eigenvalue weighted by Crippen LogP contribution is 2.43. The van der Waals surface area contributed by atoms with E-state index < -0.39 is 54.8 Å². The van der Waals surface area contributed by atoms with Gasteiger partial charge in [-0.15, -0.1) is 0 Å². The van der Waals surface area contributed by atoms with Crippen LogP contribution in [0.4, 0.5) is 10.5 Å². The summed E-state index contributed by atoms with van der Waals surface area (Å²) in [5, 5.41) is 14.7. The minimum Gasteiger partial charge on any atom is -0.440 e. The Balaban J connectivity index is 1.77. The maximum Gasteiger partial charge on any atom is 0.412 e. The van der Waals surface area contributed by atoms with Crippen LogP contribution >= 0.6 is 21.6 Å². The fourth-order valence-corrected chi connectivity index (χ4v) is 5.61. The number of hydrogen-bond donors (Lipinski definition) is 3. The molecule has 1 aromatic carbocycles. The van der Waals surface area contributed by atoms with Crippen LogP contribution in [0.25, 0.3) is 0 Å². The molecule has 1 aromatic rings. The number of nitrogens with one attached hydrogen (secondary N) is 2. The number of rotatable bonds is 7. The van der Waals surface area contributed by atoms with Crippen molar-refractivity contribution in [2.75, 3.05) is 19.0 Å². The molecule has 2 heterocycles. The highest BCUT2D eigenvalue weighted by atomic mass is 33.1.